The topological polar surface area (TPSA) is 66.5 Å². The summed E-state index contributed by atoms with van der Waals surface area (Å²) >= 11 is 6.04. The molecule has 0 atom stereocenters. The van der Waals surface area contributed by atoms with Crippen molar-refractivity contribution in [3.63, 3.8) is 0 Å². The lowest BCUT2D eigenvalue weighted by Gasteiger charge is -2.25. The summed E-state index contributed by atoms with van der Waals surface area (Å²) in [5, 5.41) is 3.32. The molecule has 0 aliphatic rings. The van der Waals surface area contributed by atoms with Crippen molar-refractivity contribution in [2.24, 2.45) is 0 Å². The molecule has 156 valence electrons. The van der Waals surface area contributed by atoms with Gasteiger partial charge in [-0.3, -0.25) is 9.10 Å². The normalized spacial score (nSPS) is 11.1. The first kappa shape index (κ1) is 21.9. The Morgan fingerprint density at radius 2 is 1.60 bits per heavy atom. The van der Waals surface area contributed by atoms with E-state index in [1.54, 1.807) is 43.3 Å². The van der Waals surface area contributed by atoms with Crippen molar-refractivity contribution in [1.29, 1.82) is 0 Å². The smallest absolute Gasteiger partial charge is 0.264 e. The second-order valence-corrected chi connectivity index (χ2v) is 9.14. The highest BCUT2D eigenvalue weighted by Gasteiger charge is 2.28. The third-order valence-electron chi connectivity index (χ3n) is 4.62. The third-order valence-corrected chi connectivity index (χ3v) is 6.63. The molecule has 0 aliphatic carbocycles. The summed E-state index contributed by atoms with van der Waals surface area (Å²) in [6, 6.07) is 22.8. The van der Waals surface area contributed by atoms with Crippen LogP contribution in [0.25, 0.3) is 0 Å². The molecule has 7 heteroatoms. The van der Waals surface area contributed by atoms with Crippen molar-refractivity contribution >= 4 is 33.2 Å². The van der Waals surface area contributed by atoms with Crippen molar-refractivity contribution < 1.29 is 13.2 Å². The first-order valence-electron chi connectivity index (χ1n) is 9.52. The van der Waals surface area contributed by atoms with Gasteiger partial charge in [-0.1, -0.05) is 60.1 Å². The van der Waals surface area contributed by atoms with Crippen LogP contribution in [0.3, 0.4) is 0 Å². The Morgan fingerprint density at radius 3 is 2.23 bits per heavy atom. The van der Waals surface area contributed by atoms with Gasteiger partial charge in [-0.15, -0.1) is 0 Å². The van der Waals surface area contributed by atoms with Gasteiger partial charge in [0, 0.05) is 11.6 Å². The van der Waals surface area contributed by atoms with Crippen LogP contribution in [0.2, 0.25) is 5.02 Å². The molecule has 0 saturated carbocycles. The molecule has 0 unspecified atom stereocenters. The Hall–Kier alpha value is -2.83. The lowest BCUT2D eigenvalue weighted by atomic mass is 10.1. The number of hydrogen-bond acceptors (Lipinski definition) is 3. The number of anilines is 1. The van der Waals surface area contributed by atoms with E-state index < -0.39 is 10.0 Å². The minimum atomic E-state index is -3.93. The lowest BCUT2D eigenvalue weighted by molar-refractivity contribution is -0.119. The van der Waals surface area contributed by atoms with Crippen LogP contribution in [0.5, 0.6) is 0 Å². The van der Waals surface area contributed by atoms with Crippen LogP contribution in [0, 0.1) is 6.92 Å². The van der Waals surface area contributed by atoms with Crippen LogP contribution >= 0.6 is 11.6 Å². The maximum Gasteiger partial charge on any atom is 0.264 e. The predicted molar refractivity (Wildman–Crippen MR) is 120 cm³/mol. The maximum atomic E-state index is 13.3. The Morgan fingerprint density at radius 1 is 0.967 bits per heavy atom. The number of halogens is 1. The standard InChI is InChI=1S/C23H23ClN2O3S/c1-18-16-20(24)12-13-22(18)26(30(28,29)21-10-6-3-7-11-21)17-23(27)25-15-14-19-8-4-2-5-9-19/h2-13,16H,14-15,17H2,1H3,(H,25,27). The van der Waals surface area contributed by atoms with Gasteiger partial charge in [-0.2, -0.15) is 0 Å². The van der Waals surface area contributed by atoms with Crippen molar-refractivity contribution in [3.8, 4) is 0 Å². The van der Waals surface area contributed by atoms with Crippen LogP contribution in [-0.4, -0.2) is 27.4 Å². The number of hydrogen-bond donors (Lipinski definition) is 1. The van der Waals surface area contributed by atoms with Crippen molar-refractivity contribution in [1.82, 2.24) is 5.32 Å². The largest absolute Gasteiger partial charge is 0.354 e. The van der Waals surface area contributed by atoms with Gasteiger partial charge in [0.1, 0.15) is 6.54 Å². The van der Waals surface area contributed by atoms with Gasteiger partial charge < -0.3 is 5.32 Å². The van der Waals surface area contributed by atoms with Crippen LogP contribution < -0.4 is 9.62 Å². The second-order valence-electron chi connectivity index (χ2n) is 6.84. The minimum absolute atomic E-state index is 0.122. The number of aryl methyl sites for hydroxylation is 1. The highest BCUT2D eigenvalue weighted by atomic mass is 35.5. The lowest BCUT2D eigenvalue weighted by Crippen LogP contribution is -2.41. The summed E-state index contributed by atoms with van der Waals surface area (Å²) in [5.74, 6) is -0.375. The van der Waals surface area contributed by atoms with Crippen LogP contribution in [0.4, 0.5) is 5.69 Å². The van der Waals surface area contributed by atoms with Crippen LogP contribution in [-0.2, 0) is 21.2 Å². The number of nitrogens with zero attached hydrogens (tertiary/aromatic N) is 1. The van der Waals surface area contributed by atoms with Gasteiger partial charge in [0.05, 0.1) is 10.6 Å². The summed E-state index contributed by atoms with van der Waals surface area (Å²) in [4.78, 5) is 12.8. The Balaban J connectivity index is 1.82. The molecule has 0 saturated heterocycles. The summed E-state index contributed by atoms with van der Waals surface area (Å²) in [6.07, 6.45) is 0.665. The number of nitrogens with one attached hydrogen (secondary N) is 1. The highest BCUT2D eigenvalue weighted by Crippen LogP contribution is 2.28. The Bertz CT molecular complexity index is 1100. The number of benzene rings is 3. The average molecular weight is 443 g/mol. The van der Waals surface area contributed by atoms with E-state index in [4.69, 9.17) is 11.6 Å². The fraction of sp³-hybridized carbons (Fsp3) is 0.174. The quantitative estimate of drug-likeness (QED) is 0.568. The summed E-state index contributed by atoms with van der Waals surface area (Å²) in [6.45, 7) is 1.86. The molecule has 3 aromatic rings. The van der Waals surface area contributed by atoms with Gasteiger partial charge in [-0.25, -0.2) is 8.42 Å². The van der Waals surface area contributed by atoms with Gasteiger partial charge in [0.2, 0.25) is 5.91 Å². The average Bonchev–Trinajstić information content (AvgIpc) is 2.74. The van der Waals surface area contributed by atoms with Gasteiger partial charge in [-0.05, 0) is 54.8 Å². The van der Waals surface area contributed by atoms with Crippen molar-refractivity contribution in [2.75, 3.05) is 17.4 Å². The monoisotopic (exact) mass is 442 g/mol. The fourth-order valence-electron chi connectivity index (χ4n) is 3.10. The Kier molecular flexibility index (Phi) is 7.13. The third kappa shape index (κ3) is 5.40. The van der Waals surface area contributed by atoms with E-state index in [-0.39, 0.29) is 17.3 Å². The van der Waals surface area contributed by atoms with Gasteiger partial charge >= 0.3 is 0 Å². The van der Waals surface area contributed by atoms with E-state index in [0.29, 0.717) is 29.2 Å². The second kappa shape index (κ2) is 9.78. The summed E-state index contributed by atoms with van der Waals surface area (Å²) in [5.41, 5.74) is 2.18. The van der Waals surface area contributed by atoms with Crippen molar-refractivity contribution in [3.05, 3.63) is 95.0 Å². The van der Waals surface area contributed by atoms with Gasteiger partial charge in [0.25, 0.3) is 10.0 Å². The molecule has 1 amide bonds. The van der Waals surface area contributed by atoms with E-state index in [0.717, 1.165) is 9.87 Å². The zero-order chi connectivity index (χ0) is 21.6. The molecule has 5 nitrogen and oxygen atoms in total. The zero-order valence-electron chi connectivity index (χ0n) is 16.6. The molecular weight excluding hydrogens is 420 g/mol. The molecule has 3 aromatic carbocycles. The van der Waals surface area contributed by atoms with Gasteiger partial charge in [0.15, 0.2) is 0 Å². The Labute approximate surface area is 182 Å². The molecule has 0 radical (unpaired) electrons. The number of carbonyl (C=O) groups is 1. The SMILES string of the molecule is Cc1cc(Cl)ccc1N(CC(=O)NCCc1ccccc1)S(=O)(=O)c1ccccc1. The molecule has 0 heterocycles. The molecule has 1 N–H and O–H groups in total. The molecule has 0 bridgehead atoms. The van der Waals surface area contributed by atoms with E-state index in [9.17, 15) is 13.2 Å². The van der Waals surface area contributed by atoms with E-state index >= 15 is 0 Å². The van der Waals surface area contributed by atoms with E-state index in [1.807, 2.05) is 30.3 Å². The first-order chi connectivity index (χ1) is 14.4. The maximum absolute atomic E-state index is 13.3. The summed E-state index contributed by atoms with van der Waals surface area (Å²) in [7, 11) is -3.93. The summed E-state index contributed by atoms with van der Waals surface area (Å²) < 4.78 is 27.8. The zero-order valence-corrected chi connectivity index (χ0v) is 18.2. The molecule has 0 fully saturated rings. The number of sulfonamides is 1. The number of carbonyl (C=O) groups excluding carboxylic acids is 1. The molecule has 3 rings (SSSR count). The minimum Gasteiger partial charge on any atom is -0.354 e. The molecule has 0 spiro atoms. The van der Waals surface area contributed by atoms with E-state index in [2.05, 4.69) is 5.32 Å². The highest BCUT2D eigenvalue weighted by molar-refractivity contribution is 7.92. The first-order valence-corrected chi connectivity index (χ1v) is 11.3. The number of amides is 1. The van der Waals surface area contributed by atoms with Crippen LogP contribution in [0.1, 0.15) is 11.1 Å². The fourth-order valence-corrected chi connectivity index (χ4v) is 4.83. The van der Waals surface area contributed by atoms with E-state index in [1.165, 1.54) is 12.1 Å². The predicted octanol–water partition coefficient (Wildman–Crippen LogP) is 4.20. The molecular formula is C23H23ClN2O3S. The molecule has 0 aromatic heterocycles. The number of rotatable bonds is 8. The van der Waals surface area contributed by atoms with Crippen molar-refractivity contribution in [2.45, 2.75) is 18.2 Å². The molecule has 30 heavy (non-hydrogen) atoms. The van der Waals surface area contributed by atoms with Crippen LogP contribution in [0.15, 0.2) is 83.8 Å². The molecule has 0 aliphatic heterocycles.